The monoisotopic (exact) mass is 297 g/mol. The van der Waals surface area contributed by atoms with Crippen LogP contribution in [-0.2, 0) is 6.54 Å². The molecule has 0 aliphatic carbocycles. The topological polar surface area (TPSA) is 93.0 Å². The Morgan fingerprint density at radius 2 is 1.95 bits per heavy atom. The predicted molar refractivity (Wildman–Crippen MR) is 84.9 cm³/mol. The number of nitrogens with zero attached hydrogens (tertiary/aromatic N) is 4. The number of aryl methyl sites for hydroxylation is 2. The van der Waals surface area contributed by atoms with Crippen molar-refractivity contribution in [3.63, 3.8) is 0 Å². The lowest BCUT2D eigenvalue weighted by Crippen LogP contribution is -2.29. The molecule has 1 aromatic rings. The zero-order valence-electron chi connectivity index (χ0n) is 12.4. The Balaban J connectivity index is 2.50. The van der Waals surface area contributed by atoms with E-state index in [-0.39, 0.29) is 11.5 Å². The van der Waals surface area contributed by atoms with E-state index in [0.29, 0.717) is 18.6 Å². The quantitative estimate of drug-likeness (QED) is 0.574. The summed E-state index contributed by atoms with van der Waals surface area (Å²) in [5, 5.41) is 0. The lowest BCUT2D eigenvalue weighted by atomic mass is 10.1. The zero-order valence-corrected chi connectivity index (χ0v) is 12.4. The molecule has 0 spiro atoms. The van der Waals surface area contributed by atoms with E-state index in [4.69, 9.17) is 0 Å². The fraction of sp³-hybridized carbons (Fsp3) is 0.267. The van der Waals surface area contributed by atoms with Crippen molar-refractivity contribution in [3.05, 3.63) is 44.1 Å². The molecule has 0 radical (unpaired) electrons. The predicted octanol–water partition coefficient (Wildman–Crippen LogP) is 0.902. The average molecular weight is 297 g/mol. The van der Waals surface area contributed by atoms with E-state index in [1.165, 1.54) is 0 Å². The molecule has 1 N–H and O–H groups in total. The van der Waals surface area contributed by atoms with Gasteiger partial charge in [0.2, 0.25) is 0 Å². The number of nitrogens with one attached hydrogen (secondary N) is 1. The van der Waals surface area contributed by atoms with Gasteiger partial charge in [0, 0.05) is 6.54 Å². The fourth-order valence-electron chi connectivity index (χ4n) is 2.45. The van der Waals surface area contributed by atoms with Crippen LogP contribution in [0.5, 0.6) is 0 Å². The minimum absolute atomic E-state index is 0.152. The van der Waals surface area contributed by atoms with E-state index in [9.17, 15) is 9.59 Å². The molecule has 1 aromatic carbocycles. The highest BCUT2D eigenvalue weighted by molar-refractivity contribution is 5.81. The van der Waals surface area contributed by atoms with Crippen LogP contribution in [0.4, 0.5) is 0 Å². The van der Waals surface area contributed by atoms with Gasteiger partial charge in [-0.2, -0.15) is 4.98 Å². The molecule has 2 aliphatic heterocycles. The van der Waals surface area contributed by atoms with Crippen LogP contribution in [0.2, 0.25) is 0 Å². The molecule has 0 saturated carbocycles. The summed E-state index contributed by atoms with van der Waals surface area (Å²) in [5.41, 5.74) is 2.62. The third-order valence-electron chi connectivity index (χ3n) is 3.71. The largest absolute Gasteiger partial charge is 0.349 e. The average Bonchev–Trinajstić information content (AvgIpc) is 2.46. The van der Waals surface area contributed by atoms with Crippen LogP contribution in [0.25, 0.3) is 22.6 Å². The van der Waals surface area contributed by atoms with E-state index in [0.717, 1.165) is 16.6 Å². The highest BCUT2D eigenvalue weighted by Gasteiger charge is 2.18. The molecule has 0 atom stereocenters. The summed E-state index contributed by atoms with van der Waals surface area (Å²) in [6.45, 7) is 8.38. The molecule has 0 unspecified atom stereocenters. The molecule has 3 rings (SSSR count). The molecular weight excluding hydrogens is 282 g/mol. The van der Waals surface area contributed by atoms with Crippen molar-refractivity contribution in [2.24, 2.45) is 4.99 Å². The molecule has 0 amide bonds. The van der Waals surface area contributed by atoms with Gasteiger partial charge >= 0.3 is 5.69 Å². The van der Waals surface area contributed by atoms with Gasteiger partial charge in [-0.25, -0.2) is 9.78 Å². The Morgan fingerprint density at radius 3 is 2.68 bits per heavy atom. The Hall–Kier alpha value is -2.83. The van der Waals surface area contributed by atoms with Gasteiger partial charge in [0.25, 0.3) is 5.56 Å². The third kappa shape index (κ3) is 2.20. The minimum atomic E-state index is -0.678. The number of hydrogen-bond donors (Lipinski definition) is 1. The Kier molecular flexibility index (Phi) is 3.32. The van der Waals surface area contributed by atoms with Crippen molar-refractivity contribution in [1.29, 1.82) is 0 Å². The van der Waals surface area contributed by atoms with Crippen molar-refractivity contribution in [3.8, 4) is 11.5 Å². The smallest absolute Gasteiger partial charge is 0.320 e. The molecule has 0 bridgehead atoms. The maximum atomic E-state index is 12.0. The number of aliphatic imine (C=N–C) groups is 1. The van der Waals surface area contributed by atoms with Crippen LogP contribution in [0.3, 0.4) is 0 Å². The summed E-state index contributed by atoms with van der Waals surface area (Å²) in [4.78, 5) is 37.9. The van der Waals surface area contributed by atoms with E-state index < -0.39 is 11.2 Å². The van der Waals surface area contributed by atoms with Crippen LogP contribution in [0.1, 0.15) is 11.1 Å². The molecular formula is C15H15N5O2. The summed E-state index contributed by atoms with van der Waals surface area (Å²) in [5.74, 6) is 0.271. The highest BCUT2D eigenvalue weighted by atomic mass is 16.2. The first-order chi connectivity index (χ1) is 10.5. The van der Waals surface area contributed by atoms with Crippen LogP contribution >= 0.6 is 0 Å². The first kappa shape index (κ1) is 14.1. The molecule has 0 fully saturated rings. The minimum Gasteiger partial charge on any atom is -0.320 e. The number of fused-ring (bicyclic) bond motifs is 2. The van der Waals surface area contributed by atoms with E-state index in [2.05, 4.69) is 26.7 Å². The summed E-state index contributed by atoms with van der Waals surface area (Å²) in [6.07, 6.45) is 0. The number of hydrogen-bond acceptors (Lipinski definition) is 5. The molecule has 112 valence electrons. The molecule has 2 heterocycles. The first-order valence-corrected chi connectivity index (χ1v) is 6.85. The number of aromatic nitrogens is 4. The second-order valence-electron chi connectivity index (χ2n) is 5.18. The molecule has 0 saturated heterocycles. The summed E-state index contributed by atoms with van der Waals surface area (Å²) in [6, 6.07) is 3.90. The van der Waals surface area contributed by atoms with Crippen molar-refractivity contribution < 1.29 is 0 Å². The Morgan fingerprint density at radius 1 is 1.23 bits per heavy atom. The van der Waals surface area contributed by atoms with Gasteiger partial charge in [-0.15, -0.1) is 0 Å². The van der Waals surface area contributed by atoms with E-state index in [1.54, 1.807) is 4.57 Å². The number of aromatic amines is 1. The summed E-state index contributed by atoms with van der Waals surface area (Å²) < 4.78 is 1.80. The SMILES string of the molecule is C=NCCn1c2nc(=O)[nH]c(=O)c-2nc2cc(C)c(C)cc21. The van der Waals surface area contributed by atoms with Gasteiger partial charge < -0.3 is 4.57 Å². The maximum Gasteiger partial charge on any atom is 0.349 e. The zero-order chi connectivity index (χ0) is 15.9. The van der Waals surface area contributed by atoms with Gasteiger partial charge in [0.05, 0.1) is 17.6 Å². The Labute approximate surface area is 125 Å². The molecule has 0 aromatic heterocycles. The van der Waals surface area contributed by atoms with Gasteiger partial charge in [-0.05, 0) is 43.8 Å². The molecule has 22 heavy (non-hydrogen) atoms. The van der Waals surface area contributed by atoms with Crippen molar-refractivity contribution >= 4 is 17.8 Å². The highest BCUT2D eigenvalue weighted by Crippen LogP contribution is 2.23. The molecule has 7 heteroatoms. The third-order valence-corrected chi connectivity index (χ3v) is 3.71. The van der Waals surface area contributed by atoms with Crippen molar-refractivity contribution in [2.45, 2.75) is 20.4 Å². The Bertz CT molecular complexity index is 970. The van der Waals surface area contributed by atoms with Gasteiger partial charge in [-0.1, -0.05) is 0 Å². The summed E-state index contributed by atoms with van der Waals surface area (Å²) in [7, 11) is 0. The number of H-pyrrole nitrogens is 1. The first-order valence-electron chi connectivity index (χ1n) is 6.85. The standard InChI is InChI=1S/C15H15N5O2/c1-8-6-10-11(7-9(8)2)20(5-4-16-3)13-12(17-10)14(21)19-15(22)18-13/h6-7H,3-5H2,1-2H3,(H,19,21,22). The van der Waals surface area contributed by atoms with Gasteiger partial charge in [0.1, 0.15) is 0 Å². The fourth-order valence-corrected chi connectivity index (χ4v) is 2.45. The summed E-state index contributed by atoms with van der Waals surface area (Å²) >= 11 is 0. The van der Waals surface area contributed by atoms with Crippen LogP contribution < -0.4 is 11.2 Å². The van der Waals surface area contributed by atoms with Crippen molar-refractivity contribution in [1.82, 2.24) is 19.5 Å². The van der Waals surface area contributed by atoms with Crippen molar-refractivity contribution in [2.75, 3.05) is 6.54 Å². The van der Waals surface area contributed by atoms with E-state index >= 15 is 0 Å². The van der Waals surface area contributed by atoms with Crippen LogP contribution in [-0.4, -0.2) is 32.8 Å². The van der Waals surface area contributed by atoms with E-state index in [1.807, 2.05) is 26.0 Å². The molecule has 2 aliphatic rings. The lowest BCUT2D eigenvalue weighted by molar-refractivity contribution is 0.714. The number of rotatable bonds is 3. The molecule has 7 nitrogen and oxygen atoms in total. The number of benzene rings is 1. The van der Waals surface area contributed by atoms with Gasteiger partial charge in [0.15, 0.2) is 11.5 Å². The second-order valence-corrected chi connectivity index (χ2v) is 5.18. The van der Waals surface area contributed by atoms with Crippen LogP contribution in [0, 0.1) is 13.8 Å². The second kappa shape index (κ2) is 5.18. The van der Waals surface area contributed by atoms with Gasteiger partial charge in [-0.3, -0.25) is 14.8 Å². The maximum absolute atomic E-state index is 12.0. The lowest BCUT2D eigenvalue weighted by Gasteiger charge is -2.16. The normalized spacial score (nSPS) is 11.2. The van der Waals surface area contributed by atoms with Crippen LogP contribution in [0.15, 0.2) is 26.7 Å².